The molecule has 0 fully saturated rings. The van der Waals surface area contributed by atoms with Crippen molar-refractivity contribution in [2.24, 2.45) is 0 Å². The van der Waals surface area contributed by atoms with Crippen molar-refractivity contribution in [2.45, 2.75) is 20.8 Å². The molecule has 1 aromatic heterocycles. The number of methoxy groups -OCH3 is 1. The Morgan fingerprint density at radius 1 is 1.24 bits per heavy atom. The lowest BCUT2D eigenvalue weighted by atomic mass is 10.0. The van der Waals surface area contributed by atoms with E-state index in [1.807, 2.05) is 19.1 Å². The van der Waals surface area contributed by atoms with Crippen molar-refractivity contribution in [2.75, 3.05) is 13.7 Å². The maximum Gasteiger partial charge on any atom is 0.217 e. The average molecular weight is 231 g/mol. The third kappa shape index (κ3) is 2.05. The summed E-state index contributed by atoms with van der Waals surface area (Å²) in [7, 11) is 1.67. The first-order chi connectivity index (χ1) is 8.17. The molecule has 0 saturated carbocycles. The van der Waals surface area contributed by atoms with E-state index in [0.29, 0.717) is 12.5 Å². The van der Waals surface area contributed by atoms with E-state index < -0.39 is 0 Å². The zero-order valence-electron chi connectivity index (χ0n) is 10.7. The molecule has 0 unspecified atom stereocenters. The SMILES string of the molecule is CCOc1cc(OC)c2ccc(C)c(C)c2n1. The molecule has 3 nitrogen and oxygen atoms in total. The molecular formula is C14H17NO2. The Morgan fingerprint density at radius 3 is 2.65 bits per heavy atom. The summed E-state index contributed by atoms with van der Waals surface area (Å²) in [5.74, 6) is 1.42. The highest BCUT2D eigenvalue weighted by Gasteiger charge is 2.10. The highest BCUT2D eigenvalue weighted by atomic mass is 16.5. The maximum absolute atomic E-state index is 5.46. The van der Waals surface area contributed by atoms with Gasteiger partial charge < -0.3 is 9.47 Å². The Morgan fingerprint density at radius 2 is 2.00 bits per heavy atom. The van der Waals surface area contributed by atoms with E-state index in [1.54, 1.807) is 7.11 Å². The van der Waals surface area contributed by atoms with Gasteiger partial charge in [-0.3, -0.25) is 0 Å². The third-order valence-electron chi connectivity index (χ3n) is 2.96. The minimum Gasteiger partial charge on any atom is -0.496 e. The fourth-order valence-corrected chi connectivity index (χ4v) is 1.87. The minimum atomic E-state index is 0.604. The van der Waals surface area contributed by atoms with Crippen LogP contribution in [-0.2, 0) is 0 Å². The van der Waals surface area contributed by atoms with Crippen LogP contribution >= 0.6 is 0 Å². The first kappa shape index (κ1) is 11.7. The first-order valence-corrected chi connectivity index (χ1v) is 5.75. The fourth-order valence-electron chi connectivity index (χ4n) is 1.87. The van der Waals surface area contributed by atoms with Gasteiger partial charge in [0.05, 0.1) is 19.2 Å². The van der Waals surface area contributed by atoms with Crippen molar-refractivity contribution in [1.82, 2.24) is 4.98 Å². The number of rotatable bonds is 3. The van der Waals surface area contributed by atoms with Crippen LogP contribution in [0.2, 0.25) is 0 Å². The number of benzene rings is 1. The molecule has 17 heavy (non-hydrogen) atoms. The lowest BCUT2D eigenvalue weighted by molar-refractivity contribution is 0.324. The number of aromatic nitrogens is 1. The number of aryl methyl sites for hydroxylation is 2. The van der Waals surface area contributed by atoms with Gasteiger partial charge in [-0.1, -0.05) is 6.07 Å². The van der Waals surface area contributed by atoms with E-state index >= 15 is 0 Å². The Bertz CT molecular complexity index is 549. The zero-order valence-corrected chi connectivity index (χ0v) is 10.7. The molecule has 0 saturated heterocycles. The molecule has 0 aliphatic rings. The largest absolute Gasteiger partial charge is 0.496 e. The summed E-state index contributed by atoms with van der Waals surface area (Å²) in [6, 6.07) is 5.96. The number of hydrogen-bond donors (Lipinski definition) is 0. The highest BCUT2D eigenvalue weighted by molar-refractivity contribution is 5.89. The summed E-state index contributed by atoms with van der Waals surface area (Å²) in [6.45, 7) is 6.70. The van der Waals surface area contributed by atoms with Gasteiger partial charge in [0.2, 0.25) is 5.88 Å². The average Bonchev–Trinajstić information content (AvgIpc) is 2.34. The molecule has 0 N–H and O–H groups in total. The van der Waals surface area contributed by atoms with Crippen molar-refractivity contribution in [3.05, 3.63) is 29.3 Å². The predicted molar refractivity (Wildman–Crippen MR) is 68.9 cm³/mol. The molecule has 0 radical (unpaired) electrons. The number of hydrogen-bond acceptors (Lipinski definition) is 3. The molecule has 2 rings (SSSR count). The number of ether oxygens (including phenoxy) is 2. The number of fused-ring (bicyclic) bond motifs is 1. The summed E-state index contributed by atoms with van der Waals surface area (Å²) >= 11 is 0. The highest BCUT2D eigenvalue weighted by Crippen LogP contribution is 2.31. The summed E-state index contributed by atoms with van der Waals surface area (Å²) < 4.78 is 10.8. The second kappa shape index (κ2) is 4.62. The van der Waals surface area contributed by atoms with Gasteiger partial charge in [-0.05, 0) is 38.0 Å². The molecule has 0 aliphatic heterocycles. The van der Waals surface area contributed by atoms with Gasteiger partial charge in [0.15, 0.2) is 0 Å². The van der Waals surface area contributed by atoms with Crippen molar-refractivity contribution >= 4 is 10.9 Å². The van der Waals surface area contributed by atoms with Crippen molar-refractivity contribution in [1.29, 1.82) is 0 Å². The summed E-state index contributed by atoms with van der Waals surface area (Å²) in [5, 5.41) is 1.03. The van der Waals surface area contributed by atoms with Gasteiger partial charge in [0.25, 0.3) is 0 Å². The fraction of sp³-hybridized carbons (Fsp3) is 0.357. The molecule has 0 aliphatic carbocycles. The van der Waals surface area contributed by atoms with Crippen molar-refractivity contribution in [3.63, 3.8) is 0 Å². The Labute approximate surface area is 101 Å². The smallest absolute Gasteiger partial charge is 0.217 e. The maximum atomic E-state index is 5.46. The second-order valence-electron chi connectivity index (χ2n) is 4.00. The Balaban J connectivity index is 2.73. The first-order valence-electron chi connectivity index (χ1n) is 5.75. The Kier molecular flexibility index (Phi) is 3.18. The molecule has 1 aromatic carbocycles. The zero-order chi connectivity index (χ0) is 12.4. The topological polar surface area (TPSA) is 31.4 Å². The van der Waals surface area contributed by atoms with Crippen LogP contribution in [0.5, 0.6) is 11.6 Å². The van der Waals surface area contributed by atoms with Crippen molar-refractivity contribution in [3.8, 4) is 11.6 Å². The molecule has 3 heteroatoms. The van der Waals surface area contributed by atoms with Gasteiger partial charge in [0.1, 0.15) is 5.75 Å². The molecular weight excluding hydrogens is 214 g/mol. The van der Waals surface area contributed by atoms with Crippen LogP contribution in [0.3, 0.4) is 0 Å². The van der Waals surface area contributed by atoms with Gasteiger partial charge in [0, 0.05) is 11.5 Å². The van der Waals surface area contributed by atoms with Gasteiger partial charge in [-0.15, -0.1) is 0 Å². The molecule has 0 amide bonds. The normalized spacial score (nSPS) is 10.6. The second-order valence-corrected chi connectivity index (χ2v) is 4.00. The van der Waals surface area contributed by atoms with E-state index in [9.17, 15) is 0 Å². The van der Waals surface area contributed by atoms with Crippen LogP contribution in [0.25, 0.3) is 10.9 Å². The molecule has 2 aromatic rings. The molecule has 0 atom stereocenters. The van der Waals surface area contributed by atoms with Crippen LogP contribution in [0.15, 0.2) is 18.2 Å². The lowest BCUT2D eigenvalue weighted by Crippen LogP contribution is -1.98. The number of nitrogens with zero attached hydrogens (tertiary/aromatic N) is 1. The van der Waals surface area contributed by atoms with E-state index in [2.05, 4.69) is 24.9 Å². The van der Waals surface area contributed by atoms with Crippen LogP contribution < -0.4 is 9.47 Å². The van der Waals surface area contributed by atoms with E-state index in [1.165, 1.54) is 11.1 Å². The van der Waals surface area contributed by atoms with Gasteiger partial charge in [-0.2, -0.15) is 0 Å². The molecule has 1 heterocycles. The standard InChI is InChI=1S/C14H17NO2/c1-5-17-13-8-12(16-4)11-7-6-9(2)10(3)14(11)15-13/h6-8H,5H2,1-4H3. The monoisotopic (exact) mass is 231 g/mol. The van der Waals surface area contributed by atoms with E-state index in [0.717, 1.165) is 16.7 Å². The summed E-state index contributed by atoms with van der Waals surface area (Å²) in [4.78, 5) is 4.53. The predicted octanol–water partition coefficient (Wildman–Crippen LogP) is 3.26. The third-order valence-corrected chi connectivity index (χ3v) is 2.96. The summed E-state index contributed by atoms with van der Waals surface area (Å²) in [6.07, 6.45) is 0. The quantitative estimate of drug-likeness (QED) is 0.812. The number of pyridine rings is 1. The van der Waals surface area contributed by atoms with Gasteiger partial charge >= 0.3 is 0 Å². The lowest BCUT2D eigenvalue weighted by Gasteiger charge is -2.11. The molecule has 90 valence electrons. The van der Waals surface area contributed by atoms with Crippen LogP contribution in [0.4, 0.5) is 0 Å². The Hall–Kier alpha value is -1.77. The van der Waals surface area contributed by atoms with Crippen molar-refractivity contribution < 1.29 is 9.47 Å². The molecule has 0 spiro atoms. The summed E-state index contributed by atoms with van der Waals surface area (Å²) in [5.41, 5.74) is 3.34. The van der Waals surface area contributed by atoms with E-state index in [-0.39, 0.29) is 0 Å². The minimum absolute atomic E-state index is 0.604. The van der Waals surface area contributed by atoms with Crippen LogP contribution in [0, 0.1) is 13.8 Å². The van der Waals surface area contributed by atoms with Gasteiger partial charge in [-0.25, -0.2) is 4.98 Å². The van der Waals surface area contributed by atoms with Crippen LogP contribution in [-0.4, -0.2) is 18.7 Å². The van der Waals surface area contributed by atoms with Crippen LogP contribution in [0.1, 0.15) is 18.1 Å². The molecule has 0 bridgehead atoms. The van der Waals surface area contributed by atoms with E-state index in [4.69, 9.17) is 9.47 Å².